The second kappa shape index (κ2) is 11.9. The Kier molecular flexibility index (Phi) is 8.97. The van der Waals surface area contributed by atoms with Gasteiger partial charge in [-0.05, 0) is 93.6 Å². The molecule has 0 bridgehead atoms. The van der Waals surface area contributed by atoms with E-state index in [2.05, 4.69) is 29.6 Å². The summed E-state index contributed by atoms with van der Waals surface area (Å²) in [4.78, 5) is 42.6. The lowest BCUT2D eigenvalue weighted by Gasteiger charge is -2.58. The Balaban J connectivity index is 1.40. The predicted octanol–water partition coefficient (Wildman–Crippen LogP) is 3.84. The maximum Gasteiger partial charge on any atom is 0.436 e. The summed E-state index contributed by atoms with van der Waals surface area (Å²) in [6, 6.07) is 0. The van der Waals surface area contributed by atoms with Gasteiger partial charge in [-0.2, -0.15) is 0 Å². The number of oxime groups is 1. The summed E-state index contributed by atoms with van der Waals surface area (Å²) in [6.07, 6.45) is 9.55. The molecule has 9 nitrogen and oxygen atoms in total. The molecule has 3 N–H and O–H groups in total. The van der Waals surface area contributed by atoms with Gasteiger partial charge < -0.3 is 15.7 Å². The van der Waals surface area contributed by atoms with Crippen LogP contribution in [0, 0.1) is 34.5 Å². The molecule has 1 amide bonds. The molecule has 0 spiro atoms. The third-order valence-corrected chi connectivity index (χ3v) is 10.4. The molecule has 0 aliphatic heterocycles. The monoisotopic (exact) mass is 530 g/mol. The minimum Gasteiger partial charge on any atom is -0.480 e. The number of allylic oxidation sites excluding steroid dienone is 1. The van der Waals surface area contributed by atoms with E-state index in [-0.39, 0.29) is 23.3 Å². The van der Waals surface area contributed by atoms with Crippen molar-refractivity contribution >= 4 is 23.6 Å². The van der Waals surface area contributed by atoms with Crippen LogP contribution >= 0.6 is 0 Å². The van der Waals surface area contributed by atoms with Gasteiger partial charge in [-0.15, -0.1) is 0 Å². The molecule has 38 heavy (non-hydrogen) atoms. The second-order valence-electron chi connectivity index (χ2n) is 12.4. The highest BCUT2D eigenvalue weighted by Gasteiger charge is 2.59. The van der Waals surface area contributed by atoms with Gasteiger partial charge in [0, 0.05) is 38.5 Å². The second-order valence-corrected chi connectivity index (χ2v) is 12.4. The van der Waals surface area contributed by atoms with Crippen LogP contribution in [0.5, 0.6) is 0 Å². The first-order chi connectivity index (χ1) is 18.1. The molecule has 212 valence electrons. The number of aliphatic carboxylic acids is 1. The molecule has 0 aromatic rings. The highest BCUT2D eigenvalue weighted by atomic mass is 16.7. The maximum atomic E-state index is 12.7. The average molecular weight is 531 g/mol. The predicted molar refractivity (Wildman–Crippen MR) is 146 cm³/mol. The lowest BCUT2D eigenvalue weighted by Crippen LogP contribution is -2.51. The van der Waals surface area contributed by atoms with Crippen LogP contribution in [-0.4, -0.2) is 73.3 Å². The zero-order chi connectivity index (χ0) is 27.5. The standard InChI is InChI=1S/C29H46N4O5/c1-19(32-38-27(37)33(18-26(35)36)16-15-31-14-13-30-4)23-7-8-24-22-6-5-20-17-21(34)9-11-28(20,2)25(22)10-12-29(23,24)3/h17,22-25,30-31H,5-16,18H2,1-4H3,(H,35,36)/b32-19+/t22-,23+,24-,25-,28-,29+/m0/s1. The summed E-state index contributed by atoms with van der Waals surface area (Å²) in [5.41, 5.74) is 2.49. The summed E-state index contributed by atoms with van der Waals surface area (Å²) in [7, 11) is 1.86. The molecule has 4 rings (SSSR count). The van der Waals surface area contributed by atoms with E-state index in [9.17, 15) is 19.5 Å². The minimum absolute atomic E-state index is 0.112. The third kappa shape index (κ3) is 5.69. The molecule has 9 heteroatoms. The van der Waals surface area contributed by atoms with Crippen molar-refractivity contribution in [1.29, 1.82) is 0 Å². The number of nitrogens with one attached hydrogen (secondary N) is 2. The Morgan fingerprint density at radius 3 is 2.63 bits per heavy atom. The van der Waals surface area contributed by atoms with Gasteiger partial charge in [0.05, 0.1) is 5.71 Å². The van der Waals surface area contributed by atoms with Gasteiger partial charge in [0.2, 0.25) is 0 Å². The van der Waals surface area contributed by atoms with Crippen molar-refractivity contribution in [2.45, 2.75) is 72.1 Å². The van der Waals surface area contributed by atoms with Crippen molar-refractivity contribution in [2.75, 3.05) is 39.8 Å². The fourth-order valence-electron chi connectivity index (χ4n) is 8.43. The molecule has 4 aliphatic carbocycles. The number of hydrogen-bond acceptors (Lipinski definition) is 7. The normalized spacial score (nSPS) is 34.6. The molecule has 0 radical (unpaired) electrons. The van der Waals surface area contributed by atoms with Crippen molar-refractivity contribution < 1.29 is 24.3 Å². The number of rotatable bonds is 10. The van der Waals surface area contributed by atoms with Crippen LogP contribution < -0.4 is 10.6 Å². The van der Waals surface area contributed by atoms with Crippen LogP contribution in [0.25, 0.3) is 0 Å². The first-order valence-electron chi connectivity index (χ1n) is 14.4. The molecule has 0 heterocycles. The van der Waals surface area contributed by atoms with Gasteiger partial charge in [0.25, 0.3) is 0 Å². The van der Waals surface area contributed by atoms with Gasteiger partial charge >= 0.3 is 12.1 Å². The number of carbonyl (C=O) groups is 3. The van der Waals surface area contributed by atoms with Crippen LogP contribution in [0.2, 0.25) is 0 Å². The van der Waals surface area contributed by atoms with E-state index in [0.29, 0.717) is 36.5 Å². The average Bonchev–Trinajstić information content (AvgIpc) is 3.23. The van der Waals surface area contributed by atoms with Crippen molar-refractivity contribution in [3.8, 4) is 0 Å². The maximum absolute atomic E-state index is 12.7. The summed E-state index contributed by atoms with van der Waals surface area (Å²) < 4.78 is 0. The van der Waals surface area contributed by atoms with E-state index in [1.165, 1.54) is 10.5 Å². The van der Waals surface area contributed by atoms with Crippen LogP contribution in [-0.2, 0) is 14.4 Å². The summed E-state index contributed by atoms with van der Waals surface area (Å²) in [5, 5.41) is 19.7. The molecule has 3 saturated carbocycles. The molecule has 6 atom stereocenters. The fourth-order valence-corrected chi connectivity index (χ4v) is 8.43. The highest BCUT2D eigenvalue weighted by Crippen LogP contribution is 2.66. The lowest BCUT2D eigenvalue weighted by molar-refractivity contribution is -0.138. The lowest BCUT2D eigenvalue weighted by atomic mass is 9.46. The molecule has 4 aliphatic rings. The van der Waals surface area contributed by atoms with Gasteiger partial charge in [-0.25, -0.2) is 4.79 Å². The summed E-state index contributed by atoms with van der Waals surface area (Å²) in [6.45, 7) is 8.55. The Bertz CT molecular complexity index is 980. The Labute approximate surface area is 226 Å². The smallest absolute Gasteiger partial charge is 0.436 e. The van der Waals surface area contributed by atoms with E-state index in [1.54, 1.807) is 0 Å². The zero-order valence-corrected chi connectivity index (χ0v) is 23.6. The van der Waals surface area contributed by atoms with E-state index < -0.39 is 18.6 Å². The molecule has 0 aromatic carbocycles. The van der Waals surface area contributed by atoms with Gasteiger partial charge in [0.1, 0.15) is 6.54 Å². The van der Waals surface area contributed by atoms with E-state index >= 15 is 0 Å². The van der Waals surface area contributed by atoms with Crippen molar-refractivity contribution in [1.82, 2.24) is 15.5 Å². The number of hydrogen-bond donors (Lipinski definition) is 3. The number of carboxylic acids is 1. The number of ketones is 1. The van der Waals surface area contributed by atoms with E-state index in [4.69, 9.17) is 4.84 Å². The molecule has 0 aromatic heterocycles. The third-order valence-electron chi connectivity index (χ3n) is 10.4. The molecular formula is C29H46N4O5. The number of carboxylic acid groups (broad SMARTS) is 1. The van der Waals surface area contributed by atoms with Crippen molar-refractivity contribution in [3.05, 3.63) is 11.6 Å². The van der Waals surface area contributed by atoms with E-state index in [1.807, 2.05) is 20.0 Å². The topological polar surface area (TPSA) is 120 Å². The zero-order valence-electron chi connectivity index (χ0n) is 23.6. The number of nitrogens with zero attached hydrogens (tertiary/aromatic N) is 2. The molecule has 3 fully saturated rings. The first-order valence-corrected chi connectivity index (χ1v) is 14.4. The number of fused-ring (bicyclic) bond motifs is 5. The summed E-state index contributed by atoms with van der Waals surface area (Å²) >= 11 is 0. The molecular weight excluding hydrogens is 484 g/mol. The first kappa shape index (κ1) is 28.7. The Morgan fingerprint density at radius 2 is 1.89 bits per heavy atom. The van der Waals surface area contributed by atoms with Crippen molar-refractivity contribution in [3.63, 3.8) is 0 Å². The van der Waals surface area contributed by atoms with E-state index in [0.717, 1.165) is 63.7 Å². The quantitative estimate of drug-likeness (QED) is 0.170. The Hall–Kier alpha value is -2.26. The SMILES string of the molecule is CNCCNCCN(CC(=O)O)C(=O)O/N=C(\C)[C@H]1CC[C@H]2[C@@H]3CCC4=CC(=O)CC[C@]4(C)[C@H]3CC[C@]12C. The van der Waals surface area contributed by atoms with Crippen LogP contribution in [0.4, 0.5) is 4.79 Å². The van der Waals surface area contributed by atoms with Gasteiger partial charge in [-0.3, -0.25) is 19.3 Å². The Morgan fingerprint density at radius 1 is 1.11 bits per heavy atom. The summed E-state index contributed by atoms with van der Waals surface area (Å²) in [5.74, 6) is 1.36. The fraction of sp³-hybridized carbons (Fsp3) is 0.793. The van der Waals surface area contributed by atoms with Crippen molar-refractivity contribution in [2.24, 2.45) is 39.7 Å². The molecule has 0 saturated heterocycles. The van der Waals surface area contributed by atoms with Crippen LogP contribution in [0.1, 0.15) is 72.1 Å². The molecule has 0 unspecified atom stereocenters. The number of amides is 1. The van der Waals surface area contributed by atoms with Crippen LogP contribution in [0.3, 0.4) is 0 Å². The highest BCUT2D eigenvalue weighted by molar-refractivity contribution is 5.91. The number of likely N-dealkylation sites (N-methyl/N-ethyl adjacent to an activating group) is 1. The van der Waals surface area contributed by atoms with Gasteiger partial charge in [-0.1, -0.05) is 24.6 Å². The largest absolute Gasteiger partial charge is 0.480 e. The number of carbonyl (C=O) groups excluding carboxylic acids is 2. The van der Waals surface area contributed by atoms with Crippen LogP contribution in [0.15, 0.2) is 16.8 Å². The van der Waals surface area contributed by atoms with Gasteiger partial charge in [0.15, 0.2) is 5.78 Å². The minimum atomic E-state index is -1.08.